The highest BCUT2D eigenvalue weighted by atomic mass is 19.4. The Hall–Kier alpha value is -3.69. The van der Waals surface area contributed by atoms with Crippen molar-refractivity contribution < 1.29 is 22.0 Å². The monoisotopic (exact) mass is 433 g/mol. The lowest BCUT2D eigenvalue weighted by molar-refractivity contribution is -0.144. The number of nitrogens with zero attached hydrogens (tertiary/aromatic N) is 2. The van der Waals surface area contributed by atoms with Crippen LogP contribution in [-0.4, -0.2) is 15.2 Å². The molecule has 0 saturated heterocycles. The van der Waals surface area contributed by atoms with Crippen LogP contribution in [0.1, 0.15) is 23.6 Å². The molecule has 0 spiro atoms. The van der Waals surface area contributed by atoms with E-state index in [1.54, 1.807) is 30.4 Å². The van der Waals surface area contributed by atoms with Crippen LogP contribution < -0.4 is 11.1 Å². The highest BCUT2D eigenvalue weighted by molar-refractivity contribution is 5.77. The molecular weight excluding hydrogens is 417 g/mol. The second-order valence-corrected chi connectivity index (χ2v) is 7.04. The molecule has 4 rings (SSSR count). The molecule has 2 aromatic carbocycles. The largest absolute Gasteiger partial charge is 0.453 e. The summed E-state index contributed by atoms with van der Waals surface area (Å²) in [6.07, 6.45) is 0.393. The summed E-state index contributed by atoms with van der Waals surface area (Å²) >= 11 is 0. The number of alkyl halides is 3. The number of aromatic amines is 1. The molecule has 0 fully saturated rings. The Labute approximate surface area is 173 Å². The van der Waals surface area contributed by atoms with E-state index in [-0.39, 0.29) is 17.9 Å². The van der Waals surface area contributed by atoms with Crippen LogP contribution >= 0.6 is 0 Å². The highest BCUT2D eigenvalue weighted by Crippen LogP contribution is 2.38. The number of rotatable bonds is 4. The Balaban J connectivity index is 1.73. The predicted molar refractivity (Wildman–Crippen MR) is 106 cm³/mol. The van der Waals surface area contributed by atoms with Gasteiger partial charge in [0.05, 0.1) is 5.69 Å². The van der Waals surface area contributed by atoms with Crippen molar-refractivity contribution in [3.8, 4) is 0 Å². The van der Waals surface area contributed by atoms with Gasteiger partial charge < -0.3 is 11.1 Å². The van der Waals surface area contributed by atoms with Crippen LogP contribution in [-0.2, 0) is 11.7 Å². The molecule has 0 radical (unpaired) electrons. The fourth-order valence-electron chi connectivity index (χ4n) is 3.28. The summed E-state index contributed by atoms with van der Waals surface area (Å²) in [4.78, 5) is 3.58. The van der Waals surface area contributed by atoms with Crippen LogP contribution in [0.3, 0.4) is 0 Å². The minimum Gasteiger partial charge on any atom is -0.399 e. The van der Waals surface area contributed by atoms with Crippen LogP contribution in [0, 0.1) is 11.6 Å². The number of allylic oxidation sites excluding steroid dienone is 2. The lowest BCUT2D eigenvalue weighted by Gasteiger charge is -2.32. The van der Waals surface area contributed by atoms with E-state index in [0.717, 1.165) is 17.2 Å². The average Bonchev–Trinajstić information content (AvgIpc) is 3.23. The van der Waals surface area contributed by atoms with Gasteiger partial charge in [-0.05, 0) is 35.4 Å². The van der Waals surface area contributed by atoms with Crippen LogP contribution in [0.15, 0.2) is 60.7 Å². The van der Waals surface area contributed by atoms with Crippen molar-refractivity contribution in [2.45, 2.75) is 18.1 Å². The van der Waals surface area contributed by atoms with Gasteiger partial charge in [-0.15, -0.1) is 5.10 Å². The third kappa shape index (κ3) is 4.14. The van der Waals surface area contributed by atoms with Crippen LogP contribution in [0.5, 0.6) is 0 Å². The van der Waals surface area contributed by atoms with Crippen LogP contribution in [0.4, 0.5) is 33.3 Å². The number of benzene rings is 2. The molecule has 160 valence electrons. The highest BCUT2D eigenvalue weighted by Gasteiger charge is 2.41. The minimum absolute atomic E-state index is 0.0969. The smallest absolute Gasteiger partial charge is 0.399 e. The Kier molecular flexibility index (Phi) is 5.00. The zero-order chi connectivity index (χ0) is 22.2. The van der Waals surface area contributed by atoms with Gasteiger partial charge in [-0.2, -0.15) is 13.2 Å². The van der Waals surface area contributed by atoms with Crippen molar-refractivity contribution in [2.75, 3.05) is 11.1 Å². The quantitative estimate of drug-likeness (QED) is 0.398. The molecule has 1 aromatic heterocycles. The third-order valence-corrected chi connectivity index (χ3v) is 4.89. The molecule has 1 aliphatic carbocycles. The zero-order valence-electron chi connectivity index (χ0n) is 15.8. The fraction of sp³-hybridized carbons (Fsp3) is 0.143. The van der Waals surface area contributed by atoms with Crippen molar-refractivity contribution in [3.63, 3.8) is 0 Å². The normalized spacial score (nSPS) is 18.7. The van der Waals surface area contributed by atoms with Crippen molar-refractivity contribution in [3.05, 3.63) is 89.5 Å². The van der Waals surface area contributed by atoms with E-state index in [4.69, 9.17) is 5.73 Å². The first-order valence-corrected chi connectivity index (χ1v) is 9.15. The first-order chi connectivity index (χ1) is 14.7. The summed E-state index contributed by atoms with van der Waals surface area (Å²) in [7, 11) is 0. The second-order valence-electron chi connectivity index (χ2n) is 7.04. The maximum Gasteiger partial charge on any atom is 0.453 e. The van der Waals surface area contributed by atoms with E-state index < -0.39 is 29.2 Å². The summed E-state index contributed by atoms with van der Waals surface area (Å²) in [5.41, 5.74) is 6.47. The molecule has 1 unspecified atom stereocenters. The number of nitrogens with two attached hydrogens (primary N) is 1. The summed E-state index contributed by atoms with van der Waals surface area (Å²) in [5, 5.41) is 8.41. The van der Waals surface area contributed by atoms with Gasteiger partial charge in [0, 0.05) is 18.2 Å². The van der Waals surface area contributed by atoms with Crippen LogP contribution in [0.2, 0.25) is 0 Å². The lowest BCUT2D eigenvalue weighted by Crippen LogP contribution is -2.36. The summed E-state index contributed by atoms with van der Waals surface area (Å²) < 4.78 is 66.7. The van der Waals surface area contributed by atoms with Crippen molar-refractivity contribution >= 4 is 16.9 Å². The molecular formula is C21H16F5N5. The second kappa shape index (κ2) is 7.53. The Morgan fingerprint density at radius 1 is 1.06 bits per heavy atom. The molecule has 3 aromatic rings. The number of nitrogen functional groups attached to an aromatic ring is 1. The number of nitrogens with one attached hydrogen (secondary N) is 2. The molecule has 1 heterocycles. The van der Waals surface area contributed by atoms with E-state index in [1.165, 1.54) is 6.07 Å². The minimum atomic E-state index is -4.75. The van der Waals surface area contributed by atoms with Gasteiger partial charge in [-0.3, -0.25) is 5.10 Å². The molecule has 0 amide bonds. The molecule has 4 N–H and O–H groups in total. The van der Waals surface area contributed by atoms with Crippen molar-refractivity contribution in [1.82, 2.24) is 15.2 Å². The third-order valence-electron chi connectivity index (χ3n) is 4.89. The molecule has 5 nitrogen and oxygen atoms in total. The van der Waals surface area contributed by atoms with E-state index >= 15 is 0 Å². The first-order valence-electron chi connectivity index (χ1n) is 9.15. The molecule has 0 aliphatic heterocycles. The number of H-pyrrole nitrogens is 1. The number of hydrogen-bond donors (Lipinski definition) is 3. The fourth-order valence-corrected chi connectivity index (χ4v) is 3.28. The van der Waals surface area contributed by atoms with Gasteiger partial charge in [0.25, 0.3) is 5.82 Å². The molecule has 10 heteroatoms. The molecule has 1 aliphatic rings. The number of hydrogen-bond acceptors (Lipinski definition) is 4. The van der Waals surface area contributed by atoms with Gasteiger partial charge in [0.2, 0.25) is 0 Å². The van der Waals surface area contributed by atoms with Gasteiger partial charge in [0.15, 0.2) is 5.82 Å². The Morgan fingerprint density at radius 2 is 1.81 bits per heavy atom. The summed E-state index contributed by atoms with van der Waals surface area (Å²) in [6.45, 7) is 0. The summed E-state index contributed by atoms with van der Waals surface area (Å²) in [5.74, 6) is -3.17. The van der Waals surface area contributed by atoms with Gasteiger partial charge in [-0.25, -0.2) is 13.8 Å². The van der Waals surface area contributed by atoms with Crippen molar-refractivity contribution in [1.29, 1.82) is 0 Å². The topological polar surface area (TPSA) is 79.6 Å². The van der Waals surface area contributed by atoms with E-state index in [9.17, 15) is 22.0 Å². The van der Waals surface area contributed by atoms with E-state index in [0.29, 0.717) is 11.8 Å². The molecule has 31 heavy (non-hydrogen) atoms. The SMILES string of the molecule is Nc1ccc(C2=CCC(Nc3ccc(F)cc3F)(c3nc(C(F)(F)F)n[nH]3)C=C2)cc1. The molecule has 0 saturated carbocycles. The van der Waals surface area contributed by atoms with Gasteiger partial charge >= 0.3 is 6.18 Å². The Morgan fingerprint density at radius 3 is 2.39 bits per heavy atom. The number of aromatic nitrogens is 3. The predicted octanol–water partition coefficient (Wildman–Crippen LogP) is 5.03. The number of anilines is 2. The average molecular weight is 433 g/mol. The van der Waals surface area contributed by atoms with Crippen molar-refractivity contribution in [2.24, 2.45) is 0 Å². The van der Waals surface area contributed by atoms with Crippen LogP contribution in [0.25, 0.3) is 5.57 Å². The zero-order valence-corrected chi connectivity index (χ0v) is 15.8. The standard InChI is InChI=1S/C21H16F5N5/c22-14-3-6-17(16(23)11-14)29-20(18-28-19(31-30-18)21(24,25)26)9-7-13(8-10-20)12-1-4-15(27)5-2-12/h1-9,11,29H,10,27H2,(H,28,30,31). The molecule has 0 bridgehead atoms. The first kappa shape index (κ1) is 20.6. The molecule has 1 atom stereocenters. The number of halogens is 5. The van der Waals surface area contributed by atoms with E-state index in [2.05, 4.69) is 20.5 Å². The summed E-state index contributed by atoms with van der Waals surface area (Å²) in [6, 6.07) is 9.96. The maximum atomic E-state index is 14.3. The lowest BCUT2D eigenvalue weighted by atomic mass is 9.85. The Bertz CT molecular complexity index is 1160. The van der Waals surface area contributed by atoms with Gasteiger partial charge in [-0.1, -0.05) is 30.4 Å². The van der Waals surface area contributed by atoms with E-state index in [1.807, 2.05) is 12.1 Å². The maximum absolute atomic E-state index is 14.3. The van der Waals surface area contributed by atoms with Gasteiger partial charge in [0.1, 0.15) is 17.2 Å².